The number of nitrogens with two attached hydrogens (primary N) is 1. The summed E-state index contributed by atoms with van der Waals surface area (Å²) in [5.74, 6) is 5.00. The number of hydrogen-bond donors (Lipinski definition) is 2. The molecule has 0 bridgehead atoms. The molecule has 13 heteroatoms. The number of amides is 1. The molecule has 8 nitrogen and oxygen atoms in total. The maximum absolute atomic E-state index is 13.1. The Balaban J connectivity index is 1.99. The third-order valence-electron chi connectivity index (χ3n) is 5.68. The number of hydrogen-bond acceptors (Lipinski definition) is 6. The van der Waals surface area contributed by atoms with Gasteiger partial charge in [0.1, 0.15) is 12.6 Å². The molecule has 0 saturated carbocycles. The van der Waals surface area contributed by atoms with E-state index in [1.54, 1.807) is 37.3 Å². The first-order valence-corrected chi connectivity index (χ1v) is 14.6. The minimum atomic E-state index is -4.55. The van der Waals surface area contributed by atoms with Crippen LogP contribution in [0.4, 0.5) is 13.2 Å². The summed E-state index contributed by atoms with van der Waals surface area (Å²) in [6.07, 6.45) is -3.44. The Morgan fingerprint density at radius 2 is 1.80 bits per heavy atom. The summed E-state index contributed by atoms with van der Waals surface area (Å²) in [6, 6.07) is 8.93. The highest BCUT2D eigenvalue weighted by molar-refractivity contribution is 7.90. The van der Waals surface area contributed by atoms with E-state index < -0.39 is 40.1 Å². The van der Waals surface area contributed by atoms with E-state index in [1.807, 2.05) is 20.8 Å². The van der Waals surface area contributed by atoms with Crippen LogP contribution in [0.1, 0.15) is 42.4 Å². The highest BCUT2D eigenvalue weighted by Crippen LogP contribution is 2.32. The lowest BCUT2D eigenvalue weighted by molar-refractivity contribution is -0.158. The molecule has 1 amide bonds. The van der Waals surface area contributed by atoms with Gasteiger partial charge >= 0.3 is 6.18 Å². The zero-order chi connectivity index (χ0) is 30.8. The van der Waals surface area contributed by atoms with Crippen molar-refractivity contribution in [1.29, 1.82) is 0 Å². The van der Waals surface area contributed by atoms with Crippen molar-refractivity contribution >= 4 is 27.3 Å². The van der Waals surface area contributed by atoms with Crippen molar-refractivity contribution in [1.82, 2.24) is 15.1 Å². The average Bonchev–Trinajstić information content (AvgIpc) is 3.18. The largest absolute Gasteiger partial charge is 0.405 e. The molecule has 3 N–H and O–H groups in total. The number of nitrogens with zero attached hydrogens (tertiary/aromatic N) is 2. The maximum atomic E-state index is 13.1. The summed E-state index contributed by atoms with van der Waals surface area (Å²) < 4.78 is 67.8. The number of alkyl halides is 3. The van der Waals surface area contributed by atoms with Crippen LogP contribution in [-0.2, 0) is 14.6 Å². The molecule has 0 radical (unpaired) electrons. The van der Waals surface area contributed by atoms with Crippen molar-refractivity contribution in [2.75, 3.05) is 19.5 Å². The van der Waals surface area contributed by atoms with E-state index in [2.05, 4.69) is 22.3 Å². The molecule has 2 aromatic carbocycles. The molecule has 1 atom stereocenters. The fraction of sp³-hybridized carbons (Fsp3) is 0.357. The summed E-state index contributed by atoms with van der Waals surface area (Å²) in [7, 11) is -3.42. The van der Waals surface area contributed by atoms with E-state index >= 15 is 0 Å². The van der Waals surface area contributed by atoms with Gasteiger partial charge in [-0.3, -0.25) is 4.79 Å². The van der Waals surface area contributed by atoms with Crippen LogP contribution in [0.5, 0.6) is 0 Å². The third-order valence-corrected chi connectivity index (χ3v) is 7.11. The smallest absolute Gasteiger partial charge is 0.367 e. The molecular formula is C28H30ClF3N4O4S. The van der Waals surface area contributed by atoms with Gasteiger partial charge in [-0.05, 0) is 58.0 Å². The van der Waals surface area contributed by atoms with Gasteiger partial charge in [0.15, 0.2) is 15.5 Å². The molecule has 0 saturated heterocycles. The number of rotatable bonds is 7. The molecule has 0 aliphatic heterocycles. The lowest BCUT2D eigenvalue weighted by Crippen LogP contribution is -2.41. The normalized spacial score (nSPS) is 12.9. The summed E-state index contributed by atoms with van der Waals surface area (Å²) in [6.45, 7) is 6.29. The fourth-order valence-corrected chi connectivity index (χ4v) is 4.60. The SMILES string of the molecule is Cc1c(C(=O)NC(C)(C)C)nn(-c2ccc(C#CCOC[C@@H](N)C(F)(F)F)cc2Cl)c1-c1ccc(S(C)(=O)=O)cc1. The van der Waals surface area contributed by atoms with Gasteiger partial charge in [0, 0.05) is 28.5 Å². The van der Waals surface area contributed by atoms with Crippen molar-refractivity contribution in [3.05, 3.63) is 64.3 Å². The quantitative estimate of drug-likeness (QED) is 0.296. The van der Waals surface area contributed by atoms with Gasteiger partial charge in [0.25, 0.3) is 5.91 Å². The molecule has 1 aromatic heterocycles. The van der Waals surface area contributed by atoms with Crippen LogP contribution in [0, 0.1) is 18.8 Å². The highest BCUT2D eigenvalue weighted by atomic mass is 35.5. The maximum Gasteiger partial charge on any atom is 0.405 e. The van der Waals surface area contributed by atoms with Crippen LogP contribution in [0.25, 0.3) is 16.9 Å². The zero-order valence-electron chi connectivity index (χ0n) is 23.1. The lowest BCUT2D eigenvalue weighted by atomic mass is 10.0. The Morgan fingerprint density at radius 1 is 1.17 bits per heavy atom. The third kappa shape index (κ3) is 8.33. The summed E-state index contributed by atoms with van der Waals surface area (Å²) in [4.78, 5) is 13.2. The van der Waals surface area contributed by atoms with Crippen molar-refractivity contribution < 1.29 is 31.1 Å². The molecular weight excluding hydrogens is 581 g/mol. The first-order chi connectivity index (χ1) is 18.9. The highest BCUT2D eigenvalue weighted by Gasteiger charge is 2.36. The second kappa shape index (κ2) is 12.2. The van der Waals surface area contributed by atoms with Gasteiger partial charge in [0.05, 0.1) is 27.9 Å². The number of ether oxygens (including phenoxy) is 1. The Labute approximate surface area is 241 Å². The molecule has 0 fully saturated rings. The van der Waals surface area contributed by atoms with Gasteiger partial charge in [-0.2, -0.15) is 18.3 Å². The Morgan fingerprint density at radius 3 is 2.34 bits per heavy atom. The second-order valence-corrected chi connectivity index (χ2v) is 12.8. The van der Waals surface area contributed by atoms with Crippen molar-refractivity contribution in [3.63, 3.8) is 0 Å². The van der Waals surface area contributed by atoms with E-state index in [9.17, 15) is 26.4 Å². The zero-order valence-corrected chi connectivity index (χ0v) is 24.6. The number of nitrogens with one attached hydrogen (secondary N) is 1. The minimum Gasteiger partial charge on any atom is -0.367 e. The number of halogens is 4. The van der Waals surface area contributed by atoms with Gasteiger partial charge in [-0.15, -0.1) is 0 Å². The van der Waals surface area contributed by atoms with Gasteiger partial charge in [-0.25, -0.2) is 13.1 Å². The number of aromatic nitrogens is 2. The predicted molar refractivity (Wildman–Crippen MR) is 151 cm³/mol. The van der Waals surface area contributed by atoms with Crippen molar-refractivity contribution in [2.24, 2.45) is 5.73 Å². The van der Waals surface area contributed by atoms with Crippen LogP contribution in [0.2, 0.25) is 5.02 Å². The first kappa shape index (κ1) is 32.1. The van der Waals surface area contributed by atoms with E-state index in [4.69, 9.17) is 22.1 Å². The van der Waals surface area contributed by atoms with E-state index in [0.717, 1.165) is 6.26 Å². The Hall–Kier alpha value is -3.37. The summed E-state index contributed by atoms with van der Waals surface area (Å²) in [5, 5.41) is 7.69. The number of sulfone groups is 1. The van der Waals surface area contributed by atoms with Crippen LogP contribution < -0.4 is 11.1 Å². The molecule has 0 aliphatic carbocycles. The molecule has 0 unspecified atom stereocenters. The predicted octanol–water partition coefficient (Wildman–Crippen LogP) is 4.69. The van der Waals surface area contributed by atoms with Crippen molar-refractivity contribution in [3.8, 4) is 28.8 Å². The Bertz CT molecular complexity index is 1600. The van der Waals surface area contributed by atoms with E-state index in [-0.39, 0.29) is 22.2 Å². The molecule has 3 aromatic rings. The molecule has 41 heavy (non-hydrogen) atoms. The molecule has 220 valence electrons. The van der Waals surface area contributed by atoms with Gasteiger partial charge < -0.3 is 15.8 Å². The van der Waals surface area contributed by atoms with Crippen LogP contribution in [0.15, 0.2) is 47.4 Å². The van der Waals surface area contributed by atoms with Crippen molar-refractivity contribution in [2.45, 2.75) is 50.3 Å². The Kier molecular flexibility index (Phi) is 9.60. The number of carbonyl (C=O) groups excluding carboxylic acids is 1. The molecule has 1 heterocycles. The summed E-state index contributed by atoms with van der Waals surface area (Å²) >= 11 is 6.61. The second-order valence-electron chi connectivity index (χ2n) is 10.4. The number of carbonyl (C=O) groups is 1. The van der Waals surface area contributed by atoms with E-state index in [0.29, 0.717) is 28.1 Å². The van der Waals surface area contributed by atoms with E-state index in [1.165, 1.54) is 16.8 Å². The minimum absolute atomic E-state index is 0.140. The summed E-state index contributed by atoms with van der Waals surface area (Å²) in [5.41, 5.74) is 7.21. The van der Waals surface area contributed by atoms with Crippen LogP contribution in [-0.4, -0.2) is 61.3 Å². The monoisotopic (exact) mass is 610 g/mol. The van der Waals surface area contributed by atoms with Crippen LogP contribution in [0.3, 0.4) is 0 Å². The van der Waals surface area contributed by atoms with Gasteiger partial charge in [0.2, 0.25) is 0 Å². The van der Waals surface area contributed by atoms with Crippen LogP contribution >= 0.6 is 11.6 Å². The lowest BCUT2D eigenvalue weighted by Gasteiger charge is -2.19. The average molecular weight is 611 g/mol. The molecule has 3 rings (SSSR count). The van der Waals surface area contributed by atoms with Gasteiger partial charge in [-0.1, -0.05) is 35.6 Å². The first-order valence-electron chi connectivity index (χ1n) is 12.3. The standard InChI is InChI=1S/C28H30ClF3N4O4S/c1-17-24(26(37)34-27(2,3)4)35-36(25(17)19-9-11-20(12-10-19)41(5,38)39)22-13-8-18(15-21(22)29)7-6-14-40-16-23(33)28(30,31)32/h8-13,15,23H,14,16,33H2,1-5H3,(H,34,37)/t23-/m1/s1. The fourth-order valence-electron chi connectivity index (χ4n) is 3.71. The number of benzene rings is 2. The molecule has 0 spiro atoms. The topological polar surface area (TPSA) is 116 Å². The molecule has 0 aliphatic rings.